The molecular weight excluding hydrogens is 264 g/mol. The predicted molar refractivity (Wildman–Crippen MR) is 67.1 cm³/mol. The van der Waals surface area contributed by atoms with Crippen molar-refractivity contribution in [1.82, 2.24) is 14.9 Å². The van der Waals surface area contributed by atoms with Gasteiger partial charge < -0.3 is 0 Å². The molecule has 1 heterocycles. The third kappa shape index (κ3) is 1.60. The molecule has 7 nitrogen and oxygen atoms in total. The molecule has 0 bridgehead atoms. The number of ketones is 1. The van der Waals surface area contributed by atoms with Gasteiger partial charge in [0.2, 0.25) is 5.78 Å². The molecule has 0 spiro atoms. The minimum absolute atomic E-state index is 0.151. The number of aromatic nitrogens is 3. The number of nitrogens with one attached hydrogen (secondary N) is 2. The van der Waals surface area contributed by atoms with Crippen LogP contribution in [0.2, 0.25) is 0 Å². The van der Waals surface area contributed by atoms with E-state index >= 15 is 0 Å². The highest BCUT2D eigenvalue weighted by atomic mass is 32.2. The molecule has 3 rings (SSSR count). The van der Waals surface area contributed by atoms with E-state index in [9.17, 15) is 4.79 Å². The maximum Gasteiger partial charge on any atom is 0.263 e. The molecule has 2 aromatic rings. The van der Waals surface area contributed by atoms with Gasteiger partial charge in [-0.25, -0.2) is 4.98 Å². The van der Waals surface area contributed by atoms with Gasteiger partial charge in [-0.1, -0.05) is 10.9 Å². The third-order valence-electron chi connectivity index (χ3n) is 2.86. The van der Waals surface area contributed by atoms with E-state index in [1.54, 1.807) is 23.9 Å². The van der Waals surface area contributed by atoms with Gasteiger partial charge in [0.15, 0.2) is 0 Å². The number of hydrogen-bond donors (Lipinski definition) is 2. The van der Waals surface area contributed by atoms with Crippen LogP contribution in [-0.4, -0.2) is 26.9 Å². The molecule has 1 aromatic carbocycles. The number of rotatable bonds is 2. The van der Waals surface area contributed by atoms with Crippen LogP contribution >= 0.6 is 11.8 Å². The van der Waals surface area contributed by atoms with Crippen molar-refractivity contribution in [2.24, 2.45) is 5.22 Å². The molecule has 0 unspecified atom stereocenters. The summed E-state index contributed by atoms with van der Waals surface area (Å²) >= 11 is 1.54. The van der Waals surface area contributed by atoms with Gasteiger partial charge >= 0.3 is 0 Å². The SMILES string of the molecule is CSc1ccc2c(c1)C(=O)c1nc(=N)n(N=N)nc1-2. The van der Waals surface area contributed by atoms with Gasteiger partial charge in [0.25, 0.3) is 5.62 Å². The molecule has 1 aliphatic carbocycles. The summed E-state index contributed by atoms with van der Waals surface area (Å²) in [6.45, 7) is 0. The molecular formula is C11H8N6OS. The standard InChI is InChI=1S/C11H8N6OS/c1-19-5-2-3-6-7(4-5)10(18)9-8(6)15-17(16-13)11(12)14-9/h2-4,12-13H,1H3. The van der Waals surface area contributed by atoms with Gasteiger partial charge in [-0.2, -0.15) is 5.53 Å². The highest BCUT2D eigenvalue weighted by Crippen LogP contribution is 2.35. The highest BCUT2D eigenvalue weighted by molar-refractivity contribution is 7.98. The number of nitrogens with zero attached hydrogens (tertiary/aromatic N) is 4. The van der Waals surface area contributed by atoms with E-state index in [1.165, 1.54) is 0 Å². The highest BCUT2D eigenvalue weighted by Gasteiger charge is 2.30. The molecule has 94 valence electrons. The maximum absolute atomic E-state index is 12.2. The van der Waals surface area contributed by atoms with Crippen LogP contribution in [0.25, 0.3) is 11.3 Å². The number of fused-ring (bicyclic) bond motifs is 3. The molecule has 0 atom stereocenters. The number of carbonyl (C=O) groups excluding carboxylic acids is 1. The van der Waals surface area contributed by atoms with Crippen LogP contribution in [0.1, 0.15) is 16.1 Å². The van der Waals surface area contributed by atoms with Gasteiger partial charge in [-0.15, -0.1) is 16.9 Å². The fourth-order valence-corrected chi connectivity index (χ4v) is 2.41. The molecule has 1 aliphatic rings. The Morgan fingerprint density at radius 2 is 2.11 bits per heavy atom. The fraction of sp³-hybridized carbons (Fsp3) is 0.0909. The summed E-state index contributed by atoms with van der Waals surface area (Å²) in [5.74, 6) is -0.237. The summed E-state index contributed by atoms with van der Waals surface area (Å²) in [6, 6.07) is 5.49. The topological polar surface area (TPSA) is 108 Å². The summed E-state index contributed by atoms with van der Waals surface area (Å²) in [6.07, 6.45) is 1.93. The summed E-state index contributed by atoms with van der Waals surface area (Å²) in [5, 5.41) is 14.6. The van der Waals surface area contributed by atoms with Crippen LogP contribution in [0.5, 0.6) is 0 Å². The van der Waals surface area contributed by atoms with Crippen LogP contribution in [0.15, 0.2) is 28.3 Å². The summed E-state index contributed by atoms with van der Waals surface area (Å²) in [7, 11) is 0. The first-order chi connectivity index (χ1) is 9.15. The lowest BCUT2D eigenvalue weighted by molar-refractivity contribution is 0.103. The first-order valence-electron chi connectivity index (χ1n) is 5.32. The van der Waals surface area contributed by atoms with Crippen molar-refractivity contribution in [3.8, 4) is 11.3 Å². The lowest BCUT2D eigenvalue weighted by Gasteiger charge is -2.01. The Labute approximate surface area is 111 Å². The molecule has 0 fully saturated rings. The van der Waals surface area contributed by atoms with E-state index in [-0.39, 0.29) is 17.1 Å². The van der Waals surface area contributed by atoms with Crippen LogP contribution in [0.3, 0.4) is 0 Å². The minimum Gasteiger partial charge on any atom is -0.287 e. The van der Waals surface area contributed by atoms with Gasteiger partial charge in [0.05, 0.1) is 0 Å². The number of thioether (sulfide) groups is 1. The Morgan fingerprint density at radius 1 is 1.32 bits per heavy atom. The van der Waals surface area contributed by atoms with Gasteiger partial charge in [-0.3, -0.25) is 10.2 Å². The zero-order chi connectivity index (χ0) is 13.6. The Bertz CT molecular complexity index is 781. The second kappa shape index (κ2) is 4.09. The Kier molecular flexibility index (Phi) is 2.53. The first kappa shape index (κ1) is 11.7. The second-order valence-corrected chi connectivity index (χ2v) is 4.74. The molecule has 0 saturated carbocycles. The summed E-state index contributed by atoms with van der Waals surface area (Å²) in [4.78, 5) is 17.9. The van der Waals surface area contributed by atoms with Crippen molar-refractivity contribution in [1.29, 1.82) is 10.9 Å². The fourth-order valence-electron chi connectivity index (χ4n) is 1.97. The van der Waals surface area contributed by atoms with Gasteiger partial charge in [0.1, 0.15) is 11.4 Å². The van der Waals surface area contributed by atoms with Crippen molar-refractivity contribution in [3.63, 3.8) is 0 Å². The number of carbonyl (C=O) groups is 1. The summed E-state index contributed by atoms with van der Waals surface area (Å²) in [5.41, 5.74) is 8.32. The van der Waals surface area contributed by atoms with E-state index in [0.717, 1.165) is 9.69 Å². The average molecular weight is 272 g/mol. The van der Waals surface area contributed by atoms with E-state index in [2.05, 4.69) is 15.3 Å². The molecule has 1 aromatic heterocycles. The molecule has 8 heteroatoms. The van der Waals surface area contributed by atoms with E-state index < -0.39 is 0 Å². The van der Waals surface area contributed by atoms with E-state index in [1.807, 2.05) is 12.3 Å². The smallest absolute Gasteiger partial charge is 0.263 e. The number of hydrogen-bond acceptors (Lipinski definition) is 7. The monoisotopic (exact) mass is 272 g/mol. The Balaban J connectivity index is 2.31. The molecule has 2 N–H and O–H groups in total. The van der Waals surface area contributed by atoms with Crippen LogP contribution in [-0.2, 0) is 0 Å². The number of benzene rings is 1. The minimum atomic E-state index is -0.333. The lowest BCUT2D eigenvalue weighted by atomic mass is 10.1. The third-order valence-corrected chi connectivity index (χ3v) is 3.59. The Hall–Kier alpha value is -2.35. The van der Waals surface area contributed by atoms with Crippen molar-refractivity contribution in [2.75, 3.05) is 6.26 Å². The average Bonchev–Trinajstić information content (AvgIpc) is 2.70. The largest absolute Gasteiger partial charge is 0.287 e. The van der Waals surface area contributed by atoms with E-state index in [4.69, 9.17) is 10.9 Å². The lowest BCUT2D eigenvalue weighted by Crippen LogP contribution is -2.24. The van der Waals surface area contributed by atoms with Crippen LogP contribution in [0.4, 0.5) is 0 Å². The Morgan fingerprint density at radius 3 is 2.79 bits per heavy atom. The normalized spacial score (nSPS) is 12.2. The van der Waals surface area contributed by atoms with Crippen LogP contribution in [0, 0.1) is 10.9 Å². The molecule has 19 heavy (non-hydrogen) atoms. The molecule has 0 aliphatic heterocycles. The van der Waals surface area contributed by atoms with Crippen LogP contribution < -0.4 is 5.62 Å². The molecule has 0 saturated heterocycles. The van der Waals surface area contributed by atoms with Crippen molar-refractivity contribution < 1.29 is 4.79 Å². The maximum atomic E-state index is 12.2. The second-order valence-electron chi connectivity index (χ2n) is 3.86. The molecule has 0 amide bonds. The van der Waals surface area contributed by atoms with Crippen molar-refractivity contribution >= 4 is 17.5 Å². The van der Waals surface area contributed by atoms with Gasteiger partial charge in [-0.05, 0) is 23.6 Å². The predicted octanol–water partition coefficient (Wildman–Crippen LogP) is 1.48. The van der Waals surface area contributed by atoms with Crippen molar-refractivity contribution in [2.45, 2.75) is 4.90 Å². The summed E-state index contributed by atoms with van der Waals surface area (Å²) < 4.78 is 0. The zero-order valence-electron chi connectivity index (χ0n) is 9.84. The quantitative estimate of drug-likeness (QED) is 0.544. The van der Waals surface area contributed by atoms with Gasteiger partial charge in [0, 0.05) is 16.0 Å². The first-order valence-corrected chi connectivity index (χ1v) is 6.55. The van der Waals surface area contributed by atoms with E-state index in [0.29, 0.717) is 16.8 Å². The van der Waals surface area contributed by atoms with Crippen molar-refractivity contribution in [3.05, 3.63) is 35.1 Å². The zero-order valence-corrected chi connectivity index (χ0v) is 10.7. The molecule has 0 radical (unpaired) electrons.